The highest BCUT2D eigenvalue weighted by Gasteiger charge is 2.26. The topological polar surface area (TPSA) is 54.8 Å². The van der Waals surface area contributed by atoms with E-state index >= 15 is 0 Å². The lowest BCUT2D eigenvalue weighted by Gasteiger charge is -2.32. The van der Waals surface area contributed by atoms with Gasteiger partial charge in [0.25, 0.3) is 5.91 Å². The molecule has 0 aliphatic rings. The molecule has 1 aromatic heterocycles. The summed E-state index contributed by atoms with van der Waals surface area (Å²) >= 11 is 5.89. The third kappa shape index (κ3) is 7.62. The number of amides is 2. The summed E-state index contributed by atoms with van der Waals surface area (Å²) in [4.78, 5) is 29.6. The number of benzene rings is 1. The van der Waals surface area contributed by atoms with Crippen molar-refractivity contribution in [3.05, 3.63) is 53.3 Å². The molecular weight excluding hydrogens is 414 g/mol. The molecule has 170 valence electrons. The third-order valence-electron chi connectivity index (χ3n) is 5.27. The number of carbonyl (C=O) groups excluding carboxylic acids is 2. The van der Waals surface area contributed by atoms with Gasteiger partial charge in [-0.3, -0.25) is 9.59 Å². The van der Waals surface area contributed by atoms with Gasteiger partial charge >= 0.3 is 0 Å². The Hall–Kier alpha value is -2.47. The minimum Gasteiger partial charge on any atom is -0.484 e. The molecule has 0 fully saturated rings. The van der Waals surface area contributed by atoms with Crippen LogP contribution in [-0.2, 0) is 23.2 Å². The average molecular weight is 448 g/mol. The predicted octanol–water partition coefficient (Wildman–Crippen LogP) is 4.37. The molecule has 0 saturated heterocycles. The maximum atomic E-state index is 13.2. The molecule has 1 unspecified atom stereocenters. The smallest absolute Gasteiger partial charge is 0.261 e. The van der Waals surface area contributed by atoms with E-state index in [9.17, 15) is 9.59 Å². The van der Waals surface area contributed by atoms with Crippen LogP contribution < -0.4 is 4.74 Å². The molecule has 0 aliphatic carbocycles. The molecule has 2 amide bonds. The lowest BCUT2D eigenvalue weighted by atomic mass is 10.2. The van der Waals surface area contributed by atoms with E-state index < -0.39 is 0 Å². The highest BCUT2D eigenvalue weighted by Crippen LogP contribution is 2.16. The summed E-state index contributed by atoms with van der Waals surface area (Å²) in [7, 11) is 1.97. The average Bonchev–Trinajstić information content (AvgIpc) is 3.14. The van der Waals surface area contributed by atoms with Crippen LogP contribution in [0.4, 0.5) is 0 Å². The Kier molecular flexibility index (Phi) is 9.44. The zero-order valence-electron chi connectivity index (χ0n) is 19.2. The molecule has 2 rings (SSSR count). The van der Waals surface area contributed by atoms with Crippen molar-refractivity contribution in [2.45, 2.75) is 46.7 Å². The van der Waals surface area contributed by atoms with Crippen molar-refractivity contribution < 1.29 is 14.3 Å². The van der Waals surface area contributed by atoms with Crippen LogP contribution in [0.25, 0.3) is 0 Å². The van der Waals surface area contributed by atoms with E-state index in [1.54, 1.807) is 29.2 Å². The molecule has 0 radical (unpaired) electrons. The summed E-state index contributed by atoms with van der Waals surface area (Å²) in [5, 5.41) is 0.606. The molecular formula is C24H34ClN3O3. The van der Waals surface area contributed by atoms with Crippen LogP contribution in [0.15, 0.2) is 42.6 Å². The molecule has 1 aromatic carbocycles. The Balaban J connectivity index is 2.08. The Morgan fingerprint density at radius 3 is 2.32 bits per heavy atom. The zero-order chi connectivity index (χ0) is 23.0. The van der Waals surface area contributed by atoms with E-state index in [1.807, 2.05) is 48.7 Å². The first-order valence-electron chi connectivity index (χ1n) is 10.8. The van der Waals surface area contributed by atoms with Gasteiger partial charge in [0.2, 0.25) is 5.91 Å². The van der Waals surface area contributed by atoms with Crippen molar-refractivity contribution in [2.75, 3.05) is 19.7 Å². The monoisotopic (exact) mass is 447 g/mol. The van der Waals surface area contributed by atoms with Crippen molar-refractivity contribution in [2.24, 2.45) is 13.0 Å². The number of hydrogen-bond donors (Lipinski definition) is 0. The van der Waals surface area contributed by atoms with Crippen molar-refractivity contribution in [1.82, 2.24) is 14.4 Å². The zero-order valence-corrected chi connectivity index (χ0v) is 19.9. The minimum absolute atomic E-state index is 0.0367. The largest absolute Gasteiger partial charge is 0.484 e. The van der Waals surface area contributed by atoms with Crippen LogP contribution in [0.3, 0.4) is 0 Å². The van der Waals surface area contributed by atoms with Gasteiger partial charge in [-0.1, -0.05) is 32.4 Å². The molecule has 1 heterocycles. The summed E-state index contributed by atoms with van der Waals surface area (Å²) in [6.45, 7) is 9.20. The van der Waals surface area contributed by atoms with Crippen LogP contribution >= 0.6 is 11.6 Å². The SMILES string of the molecule is CCC(C)N(CC(=O)N(Cc1cccn1C)CC(C)C)C(=O)COc1ccc(Cl)cc1. The molecule has 7 heteroatoms. The van der Waals surface area contributed by atoms with Crippen molar-refractivity contribution in [1.29, 1.82) is 0 Å². The normalized spacial score (nSPS) is 12.0. The van der Waals surface area contributed by atoms with E-state index in [4.69, 9.17) is 16.3 Å². The van der Waals surface area contributed by atoms with Crippen LogP contribution in [-0.4, -0.2) is 51.9 Å². The number of halogens is 1. The molecule has 0 bridgehead atoms. The second-order valence-corrected chi connectivity index (χ2v) is 8.74. The van der Waals surface area contributed by atoms with Gasteiger partial charge in [0.05, 0.1) is 6.54 Å². The first kappa shape index (κ1) is 24.8. The summed E-state index contributed by atoms with van der Waals surface area (Å²) < 4.78 is 7.64. The minimum atomic E-state index is -0.207. The lowest BCUT2D eigenvalue weighted by Crippen LogP contribution is -2.48. The van der Waals surface area contributed by atoms with Gasteiger partial charge in [0.15, 0.2) is 6.61 Å². The standard InChI is InChI=1S/C24H34ClN3O3/c1-6-19(4)28(24(30)17-31-22-11-9-20(25)10-12-22)16-23(29)27(14-18(2)3)15-21-8-7-13-26(21)5/h7-13,18-19H,6,14-17H2,1-5H3. The van der Waals surface area contributed by atoms with Crippen LogP contribution in [0, 0.1) is 5.92 Å². The number of nitrogens with zero attached hydrogens (tertiary/aromatic N) is 3. The molecule has 0 saturated carbocycles. The van der Waals surface area contributed by atoms with Gasteiger partial charge in [-0.15, -0.1) is 0 Å². The van der Waals surface area contributed by atoms with E-state index in [-0.39, 0.29) is 31.0 Å². The molecule has 0 aliphatic heterocycles. The Morgan fingerprint density at radius 2 is 1.77 bits per heavy atom. The summed E-state index contributed by atoms with van der Waals surface area (Å²) in [6.07, 6.45) is 2.72. The van der Waals surface area contributed by atoms with Crippen LogP contribution in [0.5, 0.6) is 5.75 Å². The molecule has 1 atom stereocenters. The third-order valence-corrected chi connectivity index (χ3v) is 5.52. The van der Waals surface area contributed by atoms with Crippen LogP contribution in [0.2, 0.25) is 5.02 Å². The number of ether oxygens (including phenoxy) is 1. The van der Waals surface area contributed by atoms with Crippen molar-refractivity contribution >= 4 is 23.4 Å². The Labute approximate surface area is 190 Å². The van der Waals surface area contributed by atoms with Crippen molar-refractivity contribution in [3.8, 4) is 5.75 Å². The molecule has 6 nitrogen and oxygen atoms in total. The van der Waals surface area contributed by atoms with Gasteiger partial charge in [0, 0.05) is 36.5 Å². The lowest BCUT2D eigenvalue weighted by molar-refractivity contribution is -0.144. The fourth-order valence-corrected chi connectivity index (χ4v) is 3.39. The fourth-order valence-electron chi connectivity index (χ4n) is 3.27. The second-order valence-electron chi connectivity index (χ2n) is 8.30. The Bertz CT molecular complexity index is 848. The predicted molar refractivity (Wildman–Crippen MR) is 124 cm³/mol. The second kappa shape index (κ2) is 11.8. The van der Waals surface area contributed by atoms with E-state index in [0.717, 1.165) is 12.1 Å². The molecule has 2 aromatic rings. The number of carbonyl (C=O) groups is 2. The summed E-state index contributed by atoms with van der Waals surface area (Å²) in [6, 6.07) is 10.8. The van der Waals surface area contributed by atoms with E-state index in [2.05, 4.69) is 13.8 Å². The number of hydrogen-bond acceptors (Lipinski definition) is 3. The van der Waals surface area contributed by atoms with E-state index in [0.29, 0.717) is 29.8 Å². The van der Waals surface area contributed by atoms with E-state index in [1.165, 1.54) is 0 Å². The van der Waals surface area contributed by atoms with Gasteiger partial charge in [-0.05, 0) is 55.7 Å². The maximum Gasteiger partial charge on any atom is 0.261 e. The maximum absolute atomic E-state index is 13.2. The first-order valence-corrected chi connectivity index (χ1v) is 11.1. The quantitative estimate of drug-likeness (QED) is 0.514. The molecule has 0 N–H and O–H groups in total. The van der Waals surface area contributed by atoms with Gasteiger partial charge < -0.3 is 19.1 Å². The fraction of sp³-hybridized carbons (Fsp3) is 0.500. The molecule has 0 spiro atoms. The van der Waals surface area contributed by atoms with Gasteiger partial charge in [-0.25, -0.2) is 0 Å². The van der Waals surface area contributed by atoms with Crippen LogP contribution in [0.1, 0.15) is 39.8 Å². The number of aryl methyl sites for hydroxylation is 1. The van der Waals surface area contributed by atoms with Gasteiger partial charge in [-0.2, -0.15) is 0 Å². The molecule has 31 heavy (non-hydrogen) atoms. The number of aromatic nitrogens is 1. The highest BCUT2D eigenvalue weighted by atomic mass is 35.5. The van der Waals surface area contributed by atoms with Gasteiger partial charge in [0.1, 0.15) is 12.3 Å². The highest BCUT2D eigenvalue weighted by molar-refractivity contribution is 6.30. The van der Waals surface area contributed by atoms with Crippen molar-refractivity contribution in [3.63, 3.8) is 0 Å². The summed E-state index contributed by atoms with van der Waals surface area (Å²) in [5.41, 5.74) is 1.06. The Morgan fingerprint density at radius 1 is 1.10 bits per heavy atom. The summed E-state index contributed by atoms with van der Waals surface area (Å²) in [5.74, 6) is 0.625. The number of rotatable bonds is 11. The first-order chi connectivity index (χ1) is 14.7.